The maximum Gasteiger partial charge on any atom is 0.397 e. The second-order valence-corrected chi connectivity index (χ2v) is 7.04. The Bertz CT molecular complexity index is 494. The summed E-state index contributed by atoms with van der Waals surface area (Å²) in [5.41, 5.74) is 0.364. The first kappa shape index (κ1) is 16.2. The summed E-state index contributed by atoms with van der Waals surface area (Å²) in [4.78, 5) is 30.5. The molecule has 0 saturated heterocycles. The van der Waals surface area contributed by atoms with Gasteiger partial charge in [0.2, 0.25) is 0 Å². The van der Waals surface area contributed by atoms with E-state index in [0.717, 1.165) is 21.8 Å². The van der Waals surface area contributed by atoms with E-state index >= 15 is 0 Å². The minimum atomic E-state index is -4.74. The van der Waals surface area contributed by atoms with Crippen molar-refractivity contribution >= 4 is 47.7 Å². The highest BCUT2D eigenvalue weighted by atomic mass is 35.5. The molecule has 1 rings (SSSR count). The van der Waals surface area contributed by atoms with E-state index in [1.807, 2.05) is 0 Å². The predicted octanol–water partition coefficient (Wildman–Crippen LogP) is 2.94. The molecule has 1 aromatic rings. The highest BCUT2D eigenvalue weighted by Gasteiger charge is 2.31. The predicted molar refractivity (Wildman–Crippen MR) is 74.3 cm³/mol. The summed E-state index contributed by atoms with van der Waals surface area (Å²) < 4.78 is 11.0. The molecule has 0 atom stereocenters. The Hall–Kier alpha value is 0.1000. The molecule has 0 saturated carbocycles. The Morgan fingerprint density at radius 2 is 1.83 bits per heavy atom. The molecule has 2 N–H and O–H groups in total. The molecule has 0 aromatic carbocycles. The van der Waals surface area contributed by atoms with Gasteiger partial charge < -0.3 is 9.79 Å². The van der Waals surface area contributed by atoms with Crippen LogP contribution in [0.15, 0.2) is 0 Å². The molecule has 0 aliphatic heterocycles. The Morgan fingerprint density at radius 1 is 1.28 bits per heavy atom. The van der Waals surface area contributed by atoms with Gasteiger partial charge in [-0.15, -0.1) is 34.5 Å². The molecule has 0 bridgehead atoms. The highest BCUT2D eigenvalue weighted by Crippen LogP contribution is 2.43. The summed E-state index contributed by atoms with van der Waals surface area (Å²) in [6.07, 6.45) is 1.12. The molecular formula is C10H13Cl2O4PS. The van der Waals surface area contributed by atoms with Crippen LogP contribution in [0.2, 0.25) is 0 Å². The maximum atomic E-state index is 11.6. The van der Waals surface area contributed by atoms with Crippen LogP contribution < -0.4 is 0 Å². The normalized spacial score (nSPS) is 11.8. The number of carbonyl (C=O) groups is 1. The quantitative estimate of drug-likeness (QED) is 0.621. The van der Waals surface area contributed by atoms with Crippen molar-refractivity contribution in [2.24, 2.45) is 0 Å². The van der Waals surface area contributed by atoms with Gasteiger partial charge in [-0.3, -0.25) is 9.36 Å². The first-order chi connectivity index (χ1) is 8.32. The van der Waals surface area contributed by atoms with Crippen LogP contribution in [-0.4, -0.2) is 27.1 Å². The monoisotopic (exact) mass is 330 g/mol. The summed E-state index contributed by atoms with van der Waals surface area (Å²) in [5.74, 6) is 0.773. The lowest BCUT2D eigenvalue weighted by molar-refractivity contribution is 0.104. The number of hydrogen-bond donors (Lipinski definition) is 2. The van der Waals surface area contributed by atoms with Gasteiger partial charge in [0.1, 0.15) is 0 Å². The van der Waals surface area contributed by atoms with Crippen LogP contribution in [0.5, 0.6) is 0 Å². The van der Waals surface area contributed by atoms with Gasteiger partial charge in [-0.25, -0.2) is 0 Å². The smallest absolute Gasteiger partial charge is 0.319 e. The zero-order chi connectivity index (χ0) is 13.9. The average Bonchev–Trinajstić information content (AvgIpc) is 2.56. The molecule has 0 unspecified atom stereocenters. The van der Waals surface area contributed by atoms with Crippen molar-refractivity contribution in [2.75, 3.05) is 11.8 Å². The van der Waals surface area contributed by atoms with Gasteiger partial charge in [-0.2, -0.15) is 0 Å². The van der Waals surface area contributed by atoms with E-state index < -0.39 is 13.1 Å². The lowest BCUT2D eigenvalue weighted by atomic mass is 10.1. The fourth-order valence-electron chi connectivity index (χ4n) is 1.65. The van der Waals surface area contributed by atoms with Gasteiger partial charge in [0.25, 0.3) is 5.52 Å². The van der Waals surface area contributed by atoms with Crippen LogP contribution in [0.1, 0.15) is 25.7 Å². The lowest BCUT2D eigenvalue weighted by Crippen LogP contribution is -2.00. The molecule has 1 aromatic heterocycles. The number of hydrogen-bond acceptors (Lipinski definition) is 3. The summed E-state index contributed by atoms with van der Waals surface area (Å²) in [6, 6.07) is 0. The third-order valence-electron chi connectivity index (χ3n) is 2.48. The Morgan fingerprint density at radius 3 is 2.28 bits per heavy atom. The molecule has 0 aliphatic carbocycles. The number of rotatable bonds is 6. The van der Waals surface area contributed by atoms with Crippen LogP contribution in [0.4, 0.5) is 0 Å². The number of alkyl halides is 2. The first-order valence-electron chi connectivity index (χ1n) is 5.16. The van der Waals surface area contributed by atoms with E-state index in [1.165, 1.54) is 0 Å². The molecule has 1 heterocycles. The molecular weight excluding hydrogens is 318 g/mol. The van der Waals surface area contributed by atoms with Crippen molar-refractivity contribution in [3.05, 3.63) is 20.9 Å². The maximum absolute atomic E-state index is 11.6. The fourth-order valence-corrected chi connectivity index (χ4v) is 4.26. The molecule has 18 heavy (non-hydrogen) atoms. The number of thiophene rings is 1. The molecule has 0 aliphatic rings. The van der Waals surface area contributed by atoms with Crippen LogP contribution in [0, 0.1) is 6.92 Å². The molecule has 0 radical (unpaired) electrons. The van der Waals surface area contributed by atoms with Gasteiger partial charge in [0, 0.05) is 16.6 Å². The van der Waals surface area contributed by atoms with Crippen molar-refractivity contribution in [3.8, 4) is 0 Å². The highest BCUT2D eigenvalue weighted by molar-refractivity contribution is 7.71. The minimum Gasteiger partial charge on any atom is -0.319 e. The summed E-state index contributed by atoms with van der Waals surface area (Å²) in [7, 11) is -4.74. The summed E-state index contributed by atoms with van der Waals surface area (Å²) >= 11 is 12.5. The van der Waals surface area contributed by atoms with Gasteiger partial charge in [-0.1, -0.05) is 0 Å². The van der Waals surface area contributed by atoms with E-state index in [4.69, 9.17) is 33.0 Å². The average molecular weight is 331 g/mol. The summed E-state index contributed by atoms with van der Waals surface area (Å²) in [5, 5.41) is 0. The second-order valence-electron chi connectivity index (χ2n) is 3.69. The van der Waals surface area contributed by atoms with Crippen molar-refractivity contribution < 1.29 is 19.1 Å². The van der Waals surface area contributed by atoms with Crippen LogP contribution in [-0.2, 0) is 17.4 Å². The standard InChI is InChI=1S/C10H13Cl2O4PS/c1-6-7(2-4-11)8(3-5-12)18-9(6)10(13)17(14,15)16/h2-5H2,1H3,(H2,14,15,16). The van der Waals surface area contributed by atoms with Crippen LogP contribution in [0.3, 0.4) is 0 Å². The first-order valence-corrected chi connectivity index (χ1v) is 8.66. The Labute approximate surface area is 119 Å². The van der Waals surface area contributed by atoms with Crippen molar-refractivity contribution in [1.29, 1.82) is 0 Å². The molecule has 8 heteroatoms. The molecule has 0 spiro atoms. The lowest BCUT2D eigenvalue weighted by Gasteiger charge is -2.02. The van der Waals surface area contributed by atoms with E-state index in [0.29, 0.717) is 30.2 Å². The number of carbonyl (C=O) groups excluding carboxylic acids is 1. The third-order valence-corrected chi connectivity index (χ3v) is 5.15. The molecule has 4 nitrogen and oxygen atoms in total. The SMILES string of the molecule is Cc1c(C(=O)P(=O)(O)O)sc(CCCl)c1CCCl. The molecule has 0 amide bonds. The topological polar surface area (TPSA) is 74.6 Å². The zero-order valence-electron chi connectivity index (χ0n) is 9.65. The summed E-state index contributed by atoms with van der Waals surface area (Å²) in [6.45, 7) is 1.68. The Kier molecular flexibility index (Phi) is 5.84. The van der Waals surface area contributed by atoms with Crippen molar-refractivity contribution in [3.63, 3.8) is 0 Å². The van der Waals surface area contributed by atoms with Crippen molar-refractivity contribution in [2.45, 2.75) is 19.8 Å². The fraction of sp³-hybridized carbons (Fsp3) is 0.500. The van der Waals surface area contributed by atoms with E-state index in [-0.39, 0.29) is 4.88 Å². The van der Waals surface area contributed by atoms with Gasteiger partial charge in [0.05, 0.1) is 4.88 Å². The van der Waals surface area contributed by atoms with Crippen LogP contribution >= 0.6 is 42.1 Å². The van der Waals surface area contributed by atoms with E-state index in [1.54, 1.807) is 6.92 Å². The van der Waals surface area contributed by atoms with Crippen molar-refractivity contribution in [1.82, 2.24) is 0 Å². The van der Waals surface area contributed by atoms with Gasteiger partial charge >= 0.3 is 7.60 Å². The van der Waals surface area contributed by atoms with Gasteiger partial charge in [-0.05, 0) is 30.9 Å². The van der Waals surface area contributed by atoms with Gasteiger partial charge in [0.15, 0.2) is 0 Å². The Balaban J connectivity index is 3.26. The number of halogens is 2. The third kappa shape index (κ3) is 3.56. The molecule has 0 fully saturated rings. The minimum absolute atomic E-state index is 0.114. The van der Waals surface area contributed by atoms with E-state index in [2.05, 4.69) is 0 Å². The zero-order valence-corrected chi connectivity index (χ0v) is 12.9. The molecule has 102 valence electrons. The van der Waals surface area contributed by atoms with Crippen LogP contribution in [0.25, 0.3) is 0 Å². The second kappa shape index (κ2) is 6.51. The largest absolute Gasteiger partial charge is 0.397 e. The van der Waals surface area contributed by atoms with E-state index in [9.17, 15) is 9.36 Å². The number of aryl methyl sites for hydroxylation is 1.